The SMILES string of the molecule is COC(=O)c1sc2ccccc2c1NC(=O)c1ccc(S(C)(=O)=O)cc1. The maximum atomic E-state index is 12.6. The minimum atomic E-state index is -3.34. The predicted molar refractivity (Wildman–Crippen MR) is 101 cm³/mol. The number of methoxy groups -OCH3 is 1. The number of thiophene rings is 1. The van der Waals surface area contributed by atoms with E-state index in [1.807, 2.05) is 18.2 Å². The Morgan fingerprint density at radius 1 is 1.04 bits per heavy atom. The molecule has 0 saturated heterocycles. The first-order valence-electron chi connectivity index (χ1n) is 7.52. The molecule has 0 spiro atoms. The van der Waals surface area contributed by atoms with Crippen LogP contribution >= 0.6 is 11.3 Å². The number of hydrogen-bond donors (Lipinski definition) is 1. The lowest BCUT2D eigenvalue weighted by Gasteiger charge is -2.07. The molecule has 8 heteroatoms. The number of fused-ring (bicyclic) bond motifs is 1. The van der Waals surface area contributed by atoms with Crippen molar-refractivity contribution in [2.75, 3.05) is 18.7 Å². The summed E-state index contributed by atoms with van der Waals surface area (Å²) in [6.45, 7) is 0. The minimum Gasteiger partial charge on any atom is -0.465 e. The van der Waals surface area contributed by atoms with E-state index >= 15 is 0 Å². The summed E-state index contributed by atoms with van der Waals surface area (Å²) in [5.41, 5.74) is 0.665. The quantitative estimate of drug-likeness (QED) is 0.691. The highest BCUT2D eigenvalue weighted by Crippen LogP contribution is 2.36. The van der Waals surface area contributed by atoms with Gasteiger partial charge in [-0.15, -0.1) is 11.3 Å². The second kappa shape index (κ2) is 6.89. The number of amides is 1. The van der Waals surface area contributed by atoms with E-state index in [0.717, 1.165) is 16.3 Å². The fraction of sp³-hybridized carbons (Fsp3) is 0.111. The number of carbonyl (C=O) groups excluding carboxylic acids is 2. The summed E-state index contributed by atoms with van der Waals surface area (Å²) < 4.78 is 28.7. The number of ether oxygens (including phenoxy) is 1. The van der Waals surface area contributed by atoms with Gasteiger partial charge in [0, 0.05) is 21.9 Å². The van der Waals surface area contributed by atoms with Gasteiger partial charge >= 0.3 is 5.97 Å². The molecule has 0 radical (unpaired) electrons. The molecular weight excluding hydrogens is 374 g/mol. The van der Waals surface area contributed by atoms with Crippen molar-refractivity contribution < 1.29 is 22.7 Å². The molecule has 3 rings (SSSR count). The van der Waals surface area contributed by atoms with E-state index in [0.29, 0.717) is 10.6 Å². The molecule has 134 valence electrons. The molecule has 0 fully saturated rings. The number of sulfone groups is 1. The first-order chi connectivity index (χ1) is 12.3. The summed E-state index contributed by atoms with van der Waals surface area (Å²) in [5.74, 6) is -0.979. The molecule has 0 saturated carbocycles. The summed E-state index contributed by atoms with van der Waals surface area (Å²) in [6.07, 6.45) is 1.10. The Labute approximate surface area is 154 Å². The fourth-order valence-corrected chi connectivity index (χ4v) is 4.15. The third-order valence-electron chi connectivity index (χ3n) is 3.75. The lowest BCUT2D eigenvalue weighted by atomic mass is 10.2. The number of benzene rings is 2. The Kier molecular flexibility index (Phi) is 4.80. The smallest absolute Gasteiger partial charge is 0.350 e. The monoisotopic (exact) mass is 389 g/mol. The van der Waals surface area contributed by atoms with Gasteiger partial charge in [0.25, 0.3) is 5.91 Å². The molecule has 1 heterocycles. The lowest BCUT2D eigenvalue weighted by molar-refractivity contribution is 0.0607. The maximum Gasteiger partial charge on any atom is 0.350 e. The number of rotatable bonds is 4. The average Bonchev–Trinajstić information content (AvgIpc) is 2.99. The van der Waals surface area contributed by atoms with Crippen LogP contribution in [-0.2, 0) is 14.6 Å². The first-order valence-corrected chi connectivity index (χ1v) is 10.2. The molecule has 2 aromatic carbocycles. The highest BCUT2D eigenvalue weighted by atomic mass is 32.2. The Morgan fingerprint density at radius 2 is 1.69 bits per heavy atom. The van der Waals surface area contributed by atoms with Crippen LogP contribution in [0.3, 0.4) is 0 Å². The fourth-order valence-electron chi connectivity index (χ4n) is 2.45. The molecule has 0 bridgehead atoms. The normalized spacial score (nSPS) is 11.3. The van der Waals surface area contributed by atoms with Gasteiger partial charge in [-0.05, 0) is 30.3 Å². The average molecular weight is 389 g/mol. The van der Waals surface area contributed by atoms with Crippen molar-refractivity contribution in [3.05, 3.63) is 59.0 Å². The largest absolute Gasteiger partial charge is 0.465 e. The molecular formula is C18H15NO5S2. The lowest BCUT2D eigenvalue weighted by Crippen LogP contribution is -2.14. The van der Waals surface area contributed by atoms with E-state index in [1.165, 1.54) is 42.7 Å². The third-order valence-corrected chi connectivity index (χ3v) is 6.03. The van der Waals surface area contributed by atoms with Crippen molar-refractivity contribution in [1.82, 2.24) is 0 Å². The molecule has 0 aliphatic rings. The van der Waals surface area contributed by atoms with Crippen molar-refractivity contribution in [2.45, 2.75) is 4.90 Å². The summed E-state index contributed by atoms with van der Waals surface area (Å²) in [7, 11) is -2.06. The Bertz CT molecular complexity index is 1100. The molecule has 1 aromatic heterocycles. The molecule has 1 amide bonds. The number of esters is 1. The number of carbonyl (C=O) groups is 2. The van der Waals surface area contributed by atoms with Crippen LogP contribution in [0.5, 0.6) is 0 Å². The third kappa shape index (κ3) is 3.47. The van der Waals surface area contributed by atoms with E-state index < -0.39 is 21.7 Å². The van der Waals surface area contributed by atoms with Gasteiger partial charge in [0.2, 0.25) is 0 Å². The second-order valence-corrected chi connectivity index (χ2v) is 8.61. The van der Waals surface area contributed by atoms with Crippen molar-refractivity contribution in [3.63, 3.8) is 0 Å². The molecule has 0 unspecified atom stereocenters. The van der Waals surface area contributed by atoms with Crippen LogP contribution in [-0.4, -0.2) is 33.7 Å². The van der Waals surface area contributed by atoms with Crippen LogP contribution in [0.1, 0.15) is 20.0 Å². The topological polar surface area (TPSA) is 89.5 Å². The molecule has 0 aliphatic carbocycles. The van der Waals surface area contributed by atoms with Crippen LogP contribution in [0, 0.1) is 0 Å². The zero-order chi connectivity index (χ0) is 18.9. The highest BCUT2D eigenvalue weighted by Gasteiger charge is 2.21. The van der Waals surface area contributed by atoms with Gasteiger partial charge in [-0.1, -0.05) is 18.2 Å². The van der Waals surface area contributed by atoms with Crippen molar-refractivity contribution in [3.8, 4) is 0 Å². The zero-order valence-corrected chi connectivity index (χ0v) is 15.6. The molecule has 3 aromatic rings. The summed E-state index contributed by atoms with van der Waals surface area (Å²) in [4.78, 5) is 25.0. The van der Waals surface area contributed by atoms with E-state index in [1.54, 1.807) is 6.07 Å². The van der Waals surface area contributed by atoms with Gasteiger partial charge in [-0.2, -0.15) is 0 Å². The minimum absolute atomic E-state index is 0.130. The van der Waals surface area contributed by atoms with Crippen LogP contribution in [0.4, 0.5) is 5.69 Å². The van der Waals surface area contributed by atoms with E-state index in [2.05, 4.69) is 5.32 Å². The van der Waals surface area contributed by atoms with Crippen molar-refractivity contribution in [1.29, 1.82) is 0 Å². The number of nitrogens with one attached hydrogen (secondary N) is 1. The molecule has 1 N–H and O–H groups in total. The molecule has 0 atom stereocenters. The zero-order valence-electron chi connectivity index (χ0n) is 14.0. The van der Waals surface area contributed by atoms with Crippen molar-refractivity contribution in [2.24, 2.45) is 0 Å². The van der Waals surface area contributed by atoms with Gasteiger partial charge in [0.15, 0.2) is 9.84 Å². The molecule has 6 nitrogen and oxygen atoms in total. The van der Waals surface area contributed by atoms with Gasteiger partial charge in [0.05, 0.1) is 17.7 Å². The maximum absolute atomic E-state index is 12.6. The highest BCUT2D eigenvalue weighted by molar-refractivity contribution is 7.90. The Morgan fingerprint density at radius 3 is 2.31 bits per heavy atom. The van der Waals surface area contributed by atoms with Crippen LogP contribution in [0.15, 0.2) is 53.4 Å². The number of hydrogen-bond acceptors (Lipinski definition) is 6. The predicted octanol–water partition coefficient (Wildman–Crippen LogP) is 3.34. The Balaban J connectivity index is 1.98. The number of anilines is 1. The second-order valence-electron chi connectivity index (χ2n) is 5.54. The van der Waals surface area contributed by atoms with Crippen LogP contribution < -0.4 is 5.32 Å². The van der Waals surface area contributed by atoms with E-state index in [9.17, 15) is 18.0 Å². The first kappa shape index (κ1) is 18.1. The summed E-state index contributed by atoms with van der Waals surface area (Å²) in [6, 6.07) is 12.9. The summed E-state index contributed by atoms with van der Waals surface area (Å²) >= 11 is 1.23. The van der Waals surface area contributed by atoms with Gasteiger partial charge < -0.3 is 10.1 Å². The van der Waals surface area contributed by atoms with E-state index in [4.69, 9.17) is 4.74 Å². The van der Waals surface area contributed by atoms with Gasteiger partial charge in [-0.25, -0.2) is 13.2 Å². The Hall–Kier alpha value is -2.71. The van der Waals surface area contributed by atoms with Crippen molar-refractivity contribution >= 4 is 48.8 Å². The summed E-state index contributed by atoms with van der Waals surface area (Å²) in [5, 5.41) is 3.48. The standard InChI is InChI=1S/C18H15NO5S2/c1-24-18(21)16-15(13-5-3-4-6-14(13)25-16)19-17(20)11-7-9-12(10-8-11)26(2,22)23/h3-10H,1-2H3,(H,19,20). The van der Waals surface area contributed by atoms with Gasteiger partial charge in [-0.3, -0.25) is 4.79 Å². The van der Waals surface area contributed by atoms with Crippen LogP contribution in [0.25, 0.3) is 10.1 Å². The van der Waals surface area contributed by atoms with E-state index in [-0.39, 0.29) is 10.5 Å². The molecule has 26 heavy (non-hydrogen) atoms. The molecule has 0 aliphatic heterocycles. The van der Waals surface area contributed by atoms with Gasteiger partial charge in [0.1, 0.15) is 4.88 Å². The van der Waals surface area contributed by atoms with Crippen LogP contribution in [0.2, 0.25) is 0 Å².